The van der Waals surface area contributed by atoms with Crippen molar-refractivity contribution in [2.75, 3.05) is 5.73 Å². The lowest BCUT2D eigenvalue weighted by Crippen LogP contribution is -2.30. The summed E-state index contributed by atoms with van der Waals surface area (Å²) in [5.41, 5.74) is 10.7. The Morgan fingerprint density at radius 1 is 1.24 bits per heavy atom. The summed E-state index contributed by atoms with van der Waals surface area (Å²) in [6.45, 7) is 0. The van der Waals surface area contributed by atoms with E-state index in [0.29, 0.717) is 17.7 Å². The Balaban J connectivity index is 1.91. The Labute approximate surface area is 125 Å². The van der Waals surface area contributed by atoms with Gasteiger partial charge in [0.1, 0.15) is 5.82 Å². The number of anilines is 1. The lowest BCUT2D eigenvalue weighted by Gasteiger charge is -2.17. The standard InChI is InChI=1S/C15H15FN4S/c16-9-5-6-11(17)10(7-9)13(20-18)8-15-19-12-3-1-2-4-14(12)21-15/h1-7,13,20H,8,17-18H2. The van der Waals surface area contributed by atoms with Crippen LogP contribution in [0.4, 0.5) is 10.1 Å². The second kappa shape index (κ2) is 5.77. The van der Waals surface area contributed by atoms with Crippen LogP contribution >= 0.6 is 11.3 Å². The van der Waals surface area contributed by atoms with E-state index in [1.807, 2.05) is 24.3 Å². The number of nitrogen functional groups attached to an aromatic ring is 1. The van der Waals surface area contributed by atoms with Gasteiger partial charge in [-0.1, -0.05) is 12.1 Å². The molecule has 1 unspecified atom stereocenters. The number of aromatic nitrogens is 1. The molecule has 0 amide bonds. The molecular formula is C15H15FN4S. The van der Waals surface area contributed by atoms with Crippen LogP contribution in [0.5, 0.6) is 0 Å². The van der Waals surface area contributed by atoms with Crippen molar-refractivity contribution in [2.24, 2.45) is 5.84 Å². The minimum atomic E-state index is -0.330. The Morgan fingerprint density at radius 2 is 2.05 bits per heavy atom. The largest absolute Gasteiger partial charge is 0.398 e. The maximum atomic E-state index is 13.4. The lowest BCUT2D eigenvalue weighted by atomic mass is 10.0. The van der Waals surface area contributed by atoms with Crippen LogP contribution < -0.4 is 17.0 Å². The van der Waals surface area contributed by atoms with Crippen LogP contribution in [0, 0.1) is 5.82 Å². The molecule has 0 bridgehead atoms. The zero-order valence-electron chi connectivity index (χ0n) is 11.2. The van der Waals surface area contributed by atoms with E-state index >= 15 is 0 Å². The number of hydrogen-bond acceptors (Lipinski definition) is 5. The van der Waals surface area contributed by atoms with Crippen molar-refractivity contribution in [3.05, 3.63) is 58.9 Å². The second-order valence-electron chi connectivity index (χ2n) is 4.77. The summed E-state index contributed by atoms with van der Waals surface area (Å²) in [4.78, 5) is 4.57. The molecular weight excluding hydrogens is 287 g/mol. The quantitative estimate of drug-likeness (QED) is 0.393. The molecule has 3 aromatic rings. The Hall–Kier alpha value is -2.02. The van der Waals surface area contributed by atoms with Gasteiger partial charge in [-0.15, -0.1) is 11.3 Å². The van der Waals surface area contributed by atoms with E-state index in [4.69, 9.17) is 11.6 Å². The first-order chi connectivity index (χ1) is 10.2. The van der Waals surface area contributed by atoms with E-state index in [-0.39, 0.29) is 11.9 Å². The van der Waals surface area contributed by atoms with Crippen LogP contribution in [0.3, 0.4) is 0 Å². The van der Waals surface area contributed by atoms with Crippen LogP contribution in [0.15, 0.2) is 42.5 Å². The third-order valence-corrected chi connectivity index (χ3v) is 4.40. The summed E-state index contributed by atoms with van der Waals surface area (Å²) in [6.07, 6.45) is 0.559. The monoisotopic (exact) mass is 302 g/mol. The zero-order chi connectivity index (χ0) is 14.8. The number of benzene rings is 2. The van der Waals surface area contributed by atoms with Crippen molar-refractivity contribution >= 4 is 27.2 Å². The SMILES string of the molecule is NNC(Cc1nc2ccccc2s1)c1cc(F)ccc1N. The minimum absolute atomic E-state index is 0.277. The molecule has 0 spiro atoms. The fourth-order valence-electron chi connectivity index (χ4n) is 2.29. The number of hydrazine groups is 1. The van der Waals surface area contributed by atoms with Gasteiger partial charge in [0.15, 0.2) is 0 Å². The molecule has 21 heavy (non-hydrogen) atoms. The van der Waals surface area contributed by atoms with Crippen molar-refractivity contribution in [3.63, 3.8) is 0 Å². The number of halogens is 1. The average Bonchev–Trinajstić information content (AvgIpc) is 2.90. The van der Waals surface area contributed by atoms with Crippen molar-refractivity contribution < 1.29 is 4.39 Å². The van der Waals surface area contributed by atoms with Crippen molar-refractivity contribution in [1.29, 1.82) is 0 Å². The summed E-state index contributed by atoms with van der Waals surface area (Å²) in [5.74, 6) is 5.28. The van der Waals surface area contributed by atoms with Gasteiger partial charge in [-0.25, -0.2) is 9.37 Å². The van der Waals surface area contributed by atoms with E-state index in [9.17, 15) is 4.39 Å². The molecule has 5 N–H and O–H groups in total. The van der Waals surface area contributed by atoms with E-state index < -0.39 is 0 Å². The number of nitrogens with two attached hydrogens (primary N) is 2. The molecule has 0 aliphatic rings. The highest BCUT2D eigenvalue weighted by Gasteiger charge is 2.16. The Bertz CT molecular complexity index is 738. The molecule has 0 aliphatic carbocycles. The summed E-state index contributed by atoms with van der Waals surface area (Å²) < 4.78 is 14.5. The summed E-state index contributed by atoms with van der Waals surface area (Å²) in [5, 5.41) is 0.933. The number of hydrogen-bond donors (Lipinski definition) is 3. The molecule has 4 nitrogen and oxygen atoms in total. The highest BCUT2D eigenvalue weighted by Crippen LogP contribution is 2.28. The van der Waals surface area contributed by atoms with Crippen LogP contribution in [0.1, 0.15) is 16.6 Å². The highest BCUT2D eigenvalue weighted by atomic mass is 32.1. The topological polar surface area (TPSA) is 77.0 Å². The van der Waals surface area contributed by atoms with Gasteiger partial charge < -0.3 is 5.73 Å². The number of fused-ring (bicyclic) bond motifs is 1. The fraction of sp³-hybridized carbons (Fsp3) is 0.133. The van der Waals surface area contributed by atoms with E-state index in [2.05, 4.69) is 10.4 Å². The maximum Gasteiger partial charge on any atom is 0.123 e. The molecule has 2 aromatic carbocycles. The maximum absolute atomic E-state index is 13.4. The molecule has 108 valence electrons. The van der Waals surface area contributed by atoms with Crippen LogP contribution in [0.25, 0.3) is 10.2 Å². The number of nitrogens with zero attached hydrogens (tertiary/aromatic N) is 1. The van der Waals surface area contributed by atoms with Gasteiger partial charge >= 0.3 is 0 Å². The summed E-state index contributed by atoms with van der Waals surface area (Å²) in [6, 6.07) is 11.9. The van der Waals surface area contributed by atoms with Crippen LogP contribution in [-0.4, -0.2) is 4.98 Å². The molecule has 6 heteroatoms. The molecule has 0 saturated heterocycles. The van der Waals surface area contributed by atoms with Gasteiger partial charge in [0.05, 0.1) is 21.3 Å². The number of nitrogens with one attached hydrogen (secondary N) is 1. The van der Waals surface area contributed by atoms with Crippen molar-refractivity contribution in [1.82, 2.24) is 10.4 Å². The number of thiazole rings is 1. The van der Waals surface area contributed by atoms with Gasteiger partial charge in [-0.05, 0) is 35.9 Å². The molecule has 1 atom stereocenters. The molecule has 0 aliphatic heterocycles. The molecule has 3 rings (SSSR count). The van der Waals surface area contributed by atoms with E-state index in [0.717, 1.165) is 15.2 Å². The van der Waals surface area contributed by atoms with Gasteiger partial charge in [-0.3, -0.25) is 11.3 Å². The van der Waals surface area contributed by atoms with Crippen molar-refractivity contribution in [2.45, 2.75) is 12.5 Å². The van der Waals surface area contributed by atoms with Crippen LogP contribution in [0.2, 0.25) is 0 Å². The molecule has 0 fully saturated rings. The number of para-hydroxylation sites is 1. The average molecular weight is 302 g/mol. The third-order valence-electron chi connectivity index (χ3n) is 3.34. The molecule has 0 radical (unpaired) electrons. The highest BCUT2D eigenvalue weighted by molar-refractivity contribution is 7.18. The molecule has 0 saturated carbocycles. The van der Waals surface area contributed by atoms with E-state index in [1.165, 1.54) is 12.1 Å². The normalized spacial score (nSPS) is 12.7. The summed E-state index contributed by atoms with van der Waals surface area (Å²) >= 11 is 1.60. The predicted molar refractivity (Wildman–Crippen MR) is 84.2 cm³/mol. The first kappa shape index (κ1) is 13.9. The Morgan fingerprint density at radius 3 is 2.81 bits per heavy atom. The number of rotatable bonds is 4. The smallest absolute Gasteiger partial charge is 0.123 e. The third kappa shape index (κ3) is 2.87. The predicted octanol–water partition coefficient (Wildman–Crippen LogP) is 2.76. The Kier molecular flexibility index (Phi) is 3.83. The van der Waals surface area contributed by atoms with Gasteiger partial charge in [0, 0.05) is 12.1 Å². The lowest BCUT2D eigenvalue weighted by molar-refractivity contribution is 0.545. The van der Waals surface area contributed by atoms with Gasteiger partial charge in [0.25, 0.3) is 0 Å². The van der Waals surface area contributed by atoms with E-state index in [1.54, 1.807) is 17.4 Å². The van der Waals surface area contributed by atoms with Crippen LogP contribution in [-0.2, 0) is 6.42 Å². The zero-order valence-corrected chi connectivity index (χ0v) is 12.0. The second-order valence-corrected chi connectivity index (χ2v) is 5.89. The minimum Gasteiger partial charge on any atom is -0.398 e. The summed E-state index contributed by atoms with van der Waals surface area (Å²) in [7, 11) is 0. The van der Waals surface area contributed by atoms with Crippen molar-refractivity contribution in [3.8, 4) is 0 Å². The van der Waals surface area contributed by atoms with Gasteiger partial charge in [0.2, 0.25) is 0 Å². The van der Waals surface area contributed by atoms with Gasteiger partial charge in [-0.2, -0.15) is 0 Å². The first-order valence-electron chi connectivity index (χ1n) is 6.53. The fourth-order valence-corrected chi connectivity index (χ4v) is 3.30. The molecule has 1 aromatic heterocycles. The molecule has 1 heterocycles. The first-order valence-corrected chi connectivity index (χ1v) is 7.34.